The highest BCUT2D eigenvalue weighted by Gasteiger charge is 2.21. The molecule has 0 amide bonds. The van der Waals surface area contributed by atoms with Gasteiger partial charge in [-0.25, -0.2) is 0 Å². The minimum Gasteiger partial charge on any atom is -0.366 e. The van der Waals surface area contributed by atoms with E-state index in [1.165, 1.54) is 6.07 Å². The Bertz CT molecular complexity index is 677. The highest BCUT2D eigenvalue weighted by molar-refractivity contribution is 6.10. The summed E-state index contributed by atoms with van der Waals surface area (Å²) in [5, 5.41) is 32.2. The van der Waals surface area contributed by atoms with Crippen LogP contribution >= 0.6 is 0 Å². The molecule has 0 bridgehead atoms. The van der Waals surface area contributed by atoms with Crippen molar-refractivity contribution in [2.24, 2.45) is 5.10 Å². The molecule has 1 aliphatic rings. The topological polar surface area (TPSA) is 118 Å². The second kappa shape index (κ2) is 7.76. The van der Waals surface area contributed by atoms with Gasteiger partial charge in [-0.2, -0.15) is 15.6 Å². The minimum atomic E-state index is -0.426. The van der Waals surface area contributed by atoms with Crippen LogP contribution in [-0.2, 0) is 0 Å². The van der Waals surface area contributed by atoms with Crippen molar-refractivity contribution in [3.05, 3.63) is 28.3 Å². The van der Waals surface area contributed by atoms with Crippen LogP contribution in [0.4, 0.5) is 17.1 Å². The Labute approximate surface area is 133 Å². The van der Waals surface area contributed by atoms with Gasteiger partial charge in [0, 0.05) is 19.2 Å². The number of benzene rings is 1. The van der Waals surface area contributed by atoms with Crippen molar-refractivity contribution in [1.82, 2.24) is 0 Å². The zero-order chi connectivity index (χ0) is 16.7. The Hall–Kier alpha value is -3.13. The Morgan fingerprint density at radius 3 is 2.43 bits per heavy atom. The predicted octanol–water partition coefficient (Wildman–Crippen LogP) is 2.79. The summed E-state index contributed by atoms with van der Waals surface area (Å²) in [5.41, 5.74) is 3.10. The fourth-order valence-electron chi connectivity index (χ4n) is 2.51. The SMILES string of the molecule is N#CC(C#N)=NNc1ccc(N2CCCCCC2)c([N+](=O)[O-])c1. The first-order valence-corrected chi connectivity index (χ1v) is 7.33. The molecule has 0 saturated carbocycles. The van der Waals surface area contributed by atoms with E-state index in [0.29, 0.717) is 11.4 Å². The molecule has 1 aliphatic heterocycles. The first-order chi connectivity index (χ1) is 11.2. The molecular weight excluding hydrogens is 296 g/mol. The van der Waals surface area contributed by atoms with E-state index in [9.17, 15) is 10.1 Å². The molecule has 0 atom stereocenters. The van der Waals surface area contributed by atoms with Crippen LogP contribution in [0.3, 0.4) is 0 Å². The highest BCUT2D eigenvalue weighted by atomic mass is 16.6. The van der Waals surface area contributed by atoms with Gasteiger partial charge in [0.15, 0.2) is 0 Å². The minimum absolute atomic E-state index is 0.0115. The zero-order valence-electron chi connectivity index (χ0n) is 12.5. The van der Waals surface area contributed by atoms with Gasteiger partial charge in [-0.1, -0.05) is 12.8 Å². The molecule has 8 heteroatoms. The maximum atomic E-state index is 11.4. The average molecular weight is 312 g/mol. The van der Waals surface area contributed by atoms with Gasteiger partial charge in [0.2, 0.25) is 5.71 Å². The third kappa shape index (κ3) is 4.17. The molecule has 0 unspecified atom stereocenters. The van der Waals surface area contributed by atoms with Gasteiger partial charge < -0.3 is 4.90 Å². The predicted molar refractivity (Wildman–Crippen MR) is 86.1 cm³/mol. The van der Waals surface area contributed by atoms with Crippen LogP contribution in [0, 0.1) is 32.8 Å². The van der Waals surface area contributed by atoms with E-state index in [-0.39, 0.29) is 11.4 Å². The molecule has 1 heterocycles. The van der Waals surface area contributed by atoms with Crippen molar-refractivity contribution in [3.63, 3.8) is 0 Å². The summed E-state index contributed by atoms with van der Waals surface area (Å²) in [6.07, 6.45) is 4.33. The normalized spacial score (nSPS) is 14.1. The van der Waals surface area contributed by atoms with Crippen LogP contribution in [-0.4, -0.2) is 23.7 Å². The Morgan fingerprint density at radius 1 is 1.22 bits per heavy atom. The molecule has 1 saturated heterocycles. The number of nitriles is 2. The molecule has 0 radical (unpaired) electrons. The maximum absolute atomic E-state index is 11.4. The number of nitrogens with one attached hydrogen (secondary N) is 1. The van der Waals surface area contributed by atoms with Crippen molar-refractivity contribution >= 4 is 22.8 Å². The summed E-state index contributed by atoms with van der Waals surface area (Å²) in [4.78, 5) is 13.0. The fraction of sp³-hybridized carbons (Fsp3) is 0.400. The maximum Gasteiger partial charge on any atom is 0.294 e. The second-order valence-corrected chi connectivity index (χ2v) is 5.16. The summed E-state index contributed by atoms with van der Waals surface area (Å²) in [7, 11) is 0. The van der Waals surface area contributed by atoms with Crippen molar-refractivity contribution < 1.29 is 4.92 Å². The van der Waals surface area contributed by atoms with Gasteiger partial charge in [-0.15, -0.1) is 0 Å². The smallest absolute Gasteiger partial charge is 0.294 e. The van der Waals surface area contributed by atoms with Gasteiger partial charge >= 0.3 is 0 Å². The van der Waals surface area contributed by atoms with E-state index in [0.717, 1.165) is 38.8 Å². The molecule has 8 nitrogen and oxygen atoms in total. The molecular formula is C15H16N6O2. The quantitative estimate of drug-likeness (QED) is 0.518. The molecule has 1 fully saturated rings. The first kappa shape index (κ1) is 16.2. The largest absolute Gasteiger partial charge is 0.366 e. The lowest BCUT2D eigenvalue weighted by atomic mass is 10.2. The van der Waals surface area contributed by atoms with E-state index >= 15 is 0 Å². The van der Waals surface area contributed by atoms with Gasteiger partial charge in [0.25, 0.3) is 5.69 Å². The van der Waals surface area contributed by atoms with E-state index in [1.54, 1.807) is 24.3 Å². The lowest BCUT2D eigenvalue weighted by Gasteiger charge is -2.22. The van der Waals surface area contributed by atoms with Crippen molar-refractivity contribution in [2.45, 2.75) is 25.7 Å². The molecule has 0 aliphatic carbocycles. The number of nitro groups is 1. The van der Waals surface area contributed by atoms with Crippen LogP contribution in [0.25, 0.3) is 0 Å². The molecule has 118 valence electrons. The zero-order valence-corrected chi connectivity index (χ0v) is 12.5. The van der Waals surface area contributed by atoms with E-state index in [2.05, 4.69) is 10.5 Å². The lowest BCUT2D eigenvalue weighted by Crippen LogP contribution is -2.24. The van der Waals surface area contributed by atoms with E-state index in [4.69, 9.17) is 10.5 Å². The van der Waals surface area contributed by atoms with Crippen LogP contribution in [0.5, 0.6) is 0 Å². The fourth-order valence-corrected chi connectivity index (χ4v) is 2.51. The molecule has 1 N–H and O–H groups in total. The third-order valence-corrected chi connectivity index (χ3v) is 3.63. The number of hydrazone groups is 1. The summed E-state index contributed by atoms with van der Waals surface area (Å²) in [5.74, 6) is 0. The third-order valence-electron chi connectivity index (χ3n) is 3.63. The van der Waals surface area contributed by atoms with Crippen molar-refractivity contribution in [1.29, 1.82) is 10.5 Å². The molecule has 1 aromatic carbocycles. The Balaban J connectivity index is 2.28. The molecule has 23 heavy (non-hydrogen) atoms. The Kier molecular flexibility index (Phi) is 5.48. The van der Waals surface area contributed by atoms with E-state index in [1.807, 2.05) is 4.90 Å². The van der Waals surface area contributed by atoms with Gasteiger partial charge in [0.1, 0.15) is 17.8 Å². The number of anilines is 2. The van der Waals surface area contributed by atoms with Crippen molar-refractivity contribution in [2.75, 3.05) is 23.4 Å². The summed E-state index contributed by atoms with van der Waals surface area (Å²) in [6.45, 7) is 1.61. The number of nitrogens with zero attached hydrogens (tertiary/aromatic N) is 5. The standard InChI is InChI=1S/C15H16N6O2/c16-10-13(11-17)19-18-12-5-6-14(15(9-12)21(22)23)20-7-3-1-2-4-8-20/h5-6,9,18H,1-4,7-8H2. The highest BCUT2D eigenvalue weighted by Crippen LogP contribution is 2.32. The molecule has 2 rings (SSSR count). The van der Waals surface area contributed by atoms with E-state index < -0.39 is 4.92 Å². The van der Waals surface area contributed by atoms with Gasteiger partial charge in [0.05, 0.1) is 10.6 Å². The van der Waals surface area contributed by atoms with Gasteiger partial charge in [-0.05, 0) is 25.0 Å². The van der Waals surface area contributed by atoms with Crippen LogP contribution < -0.4 is 10.3 Å². The lowest BCUT2D eigenvalue weighted by molar-refractivity contribution is -0.384. The molecule has 1 aromatic rings. The number of hydrogen-bond donors (Lipinski definition) is 1. The number of nitro benzene ring substituents is 1. The number of hydrogen-bond acceptors (Lipinski definition) is 7. The molecule has 0 aromatic heterocycles. The van der Waals surface area contributed by atoms with Crippen molar-refractivity contribution in [3.8, 4) is 12.1 Å². The summed E-state index contributed by atoms with van der Waals surface area (Å²) >= 11 is 0. The van der Waals surface area contributed by atoms with Crippen LogP contribution in [0.1, 0.15) is 25.7 Å². The second-order valence-electron chi connectivity index (χ2n) is 5.16. The summed E-state index contributed by atoms with van der Waals surface area (Å²) in [6, 6.07) is 7.93. The number of rotatable bonds is 4. The molecule has 0 spiro atoms. The average Bonchev–Trinajstić information content (AvgIpc) is 2.84. The van der Waals surface area contributed by atoms with Crippen LogP contribution in [0.15, 0.2) is 23.3 Å². The Morgan fingerprint density at radius 2 is 1.87 bits per heavy atom. The first-order valence-electron chi connectivity index (χ1n) is 7.33. The van der Waals surface area contributed by atoms with Crippen LogP contribution in [0.2, 0.25) is 0 Å². The summed E-state index contributed by atoms with van der Waals surface area (Å²) < 4.78 is 0. The van der Waals surface area contributed by atoms with Gasteiger partial charge in [-0.3, -0.25) is 15.5 Å². The monoisotopic (exact) mass is 312 g/mol.